The van der Waals surface area contributed by atoms with Gasteiger partial charge in [-0.25, -0.2) is 9.13 Å². The van der Waals surface area contributed by atoms with Crippen LogP contribution >= 0.6 is 0 Å². The highest BCUT2D eigenvalue weighted by atomic mass is 19.4. The van der Waals surface area contributed by atoms with Crippen molar-refractivity contribution in [2.24, 2.45) is 5.73 Å². The third-order valence-electron chi connectivity index (χ3n) is 1.56. The first-order valence-electron chi connectivity index (χ1n) is 4.32. The molecule has 1 atom stereocenters. The number of ether oxygens (including phenoxy) is 2. The van der Waals surface area contributed by atoms with Crippen molar-refractivity contribution >= 4 is 5.91 Å². The molecule has 0 saturated heterocycles. The molecule has 19 heavy (non-hydrogen) atoms. The molecule has 0 aliphatic heterocycles. The summed E-state index contributed by atoms with van der Waals surface area (Å²) in [6.45, 7) is 0. The molecule has 1 rings (SSSR count). The van der Waals surface area contributed by atoms with Gasteiger partial charge in [-0.15, -0.1) is 18.3 Å². The van der Waals surface area contributed by atoms with E-state index in [1.807, 2.05) is 5.10 Å². The summed E-state index contributed by atoms with van der Waals surface area (Å²) >= 11 is 0. The van der Waals surface area contributed by atoms with Gasteiger partial charge >= 0.3 is 18.8 Å². The maximum Gasteiger partial charge on any atom is 0.525 e. The van der Waals surface area contributed by atoms with Crippen LogP contribution in [0.4, 0.5) is 26.3 Å². The average Bonchev–Trinajstić information content (AvgIpc) is 2.62. The predicted molar refractivity (Wildman–Crippen MR) is 44.7 cm³/mol. The molecule has 6 nitrogen and oxygen atoms in total. The van der Waals surface area contributed by atoms with Crippen LogP contribution in [-0.4, -0.2) is 34.9 Å². The summed E-state index contributed by atoms with van der Waals surface area (Å²) in [5.41, 5.74) is 4.27. The van der Waals surface area contributed by atoms with Crippen molar-refractivity contribution in [1.82, 2.24) is 10.2 Å². The zero-order chi connectivity index (χ0) is 14.8. The van der Waals surface area contributed by atoms with E-state index in [2.05, 4.69) is 14.6 Å². The summed E-state index contributed by atoms with van der Waals surface area (Å²) in [4.78, 5) is 10.6. The average molecular weight is 293 g/mol. The fourth-order valence-electron chi connectivity index (χ4n) is 0.854. The second kappa shape index (κ2) is 4.95. The lowest BCUT2D eigenvalue weighted by molar-refractivity contribution is -0.411. The Morgan fingerprint density at radius 2 is 1.95 bits per heavy atom. The first-order valence-corrected chi connectivity index (χ1v) is 4.32. The lowest BCUT2D eigenvalue weighted by atomic mass is 10.4. The summed E-state index contributed by atoms with van der Waals surface area (Å²) < 4.78 is 79.0. The summed E-state index contributed by atoms with van der Waals surface area (Å²) in [6, 6.07) is 0.552. The molecule has 0 fully saturated rings. The molecule has 0 aliphatic carbocycles. The number of hydrogen-bond acceptors (Lipinski definition) is 4. The van der Waals surface area contributed by atoms with Crippen LogP contribution in [0.25, 0.3) is 0 Å². The highest BCUT2D eigenvalue weighted by Gasteiger charge is 2.51. The third-order valence-corrected chi connectivity index (χ3v) is 1.56. The third kappa shape index (κ3) is 4.31. The number of halogens is 6. The van der Waals surface area contributed by atoms with Gasteiger partial charge in [0.15, 0.2) is 0 Å². The molecule has 0 bridgehead atoms. The number of amides is 1. The smallest absolute Gasteiger partial charge is 0.409 e. The molecule has 0 aliphatic rings. The van der Waals surface area contributed by atoms with Crippen LogP contribution in [0.3, 0.4) is 0 Å². The van der Waals surface area contributed by atoms with Crippen LogP contribution in [-0.2, 0) is 4.74 Å². The molecular weight excluding hydrogens is 288 g/mol. The zero-order valence-electron chi connectivity index (χ0n) is 8.67. The van der Waals surface area contributed by atoms with Crippen molar-refractivity contribution in [3.63, 3.8) is 0 Å². The number of nitrogens with two attached hydrogens (primary N) is 1. The molecule has 1 heterocycles. The molecule has 0 saturated carbocycles. The molecular formula is C7H5F6N3O3. The summed E-state index contributed by atoms with van der Waals surface area (Å²) in [6.07, 6.45) is -14.7. The maximum atomic E-state index is 12.9. The van der Waals surface area contributed by atoms with E-state index >= 15 is 0 Å². The van der Waals surface area contributed by atoms with E-state index in [4.69, 9.17) is 5.73 Å². The monoisotopic (exact) mass is 293 g/mol. The molecule has 1 amide bonds. The number of alkyl halides is 6. The lowest BCUT2D eigenvalue weighted by Crippen LogP contribution is -2.41. The van der Waals surface area contributed by atoms with Crippen LogP contribution in [0.5, 0.6) is 5.88 Å². The number of nitrogens with one attached hydrogen (secondary N) is 1. The fourth-order valence-corrected chi connectivity index (χ4v) is 0.854. The molecule has 1 aromatic heterocycles. The topological polar surface area (TPSA) is 90.2 Å². The van der Waals surface area contributed by atoms with E-state index in [9.17, 15) is 31.1 Å². The SMILES string of the molecule is NC(=O)c1cc(OC(F)(F)C(F)OC(F)(F)F)n[nH]1. The highest BCUT2D eigenvalue weighted by molar-refractivity contribution is 5.90. The van der Waals surface area contributed by atoms with Crippen molar-refractivity contribution in [1.29, 1.82) is 0 Å². The van der Waals surface area contributed by atoms with E-state index in [1.165, 1.54) is 0 Å². The van der Waals surface area contributed by atoms with E-state index in [0.717, 1.165) is 0 Å². The standard InChI is InChI=1S/C7H5F6N3O3/c8-5(19-7(11,12)13)6(9,10)18-3-1-2(4(14)17)15-16-3/h1,5H,(H2,14,17)(H,15,16). The van der Waals surface area contributed by atoms with Crippen LogP contribution in [0, 0.1) is 0 Å². The Hall–Kier alpha value is -1.98. The number of aromatic nitrogens is 2. The minimum absolute atomic E-state index is 0.460. The number of nitrogens with zero attached hydrogens (tertiary/aromatic N) is 1. The summed E-state index contributed by atoms with van der Waals surface area (Å²) in [7, 11) is 0. The molecule has 12 heteroatoms. The zero-order valence-corrected chi connectivity index (χ0v) is 8.67. The summed E-state index contributed by atoms with van der Waals surface area (Å²) in [5, 5.41) is 4.82. The van der Waals surface area contributed by atoms with E-state index in [0.29, 0.717) is 6.07 Å². The number of primary amides is 1. The van der Waals surface area contributed by atoms with Gasteiger partial charge in [0.25, 0.3) is 5.91 Å². The Morgan fingerprint density at radius 1 is 1.37 bits per heavy atom. The first kappa shape index (κ1) is 15.1. The van der Waals surface area contributed by atoms with Crippen molar-refractivity contribution < 1.29 is 40.6 Å². The number of hydrogen-bond donors (Lipinski definition) is 2. The predicted octanol–water partition coefficient (Wildman–Crippen LogP) is 1.31. The quantitative estimate of drug-likeness (QED) is 0.801. The van der Waals surface area contributed by atoms with E-state index in [1.54, 1.807) is 0 Å². The molecule has 0 aromatic carbocycles. The minimum atomic E-state index is -5.61. The Morgan fingerprint density at radius 3 is 2.37 bits per heavy atom. The first-order chi connectivity index (χ1) is 8.51. The summed E-state index contributed by atoms with van der Waals surface area (Å²) in [5.74, 6) is -2.12. The molecule has 108 valence electrons. The largest absolute Gasteiger partial charge is 0.525 e. The van der Waals surface area contributed by atoms with Gasteiger partial charge in [0, 0.05) is 6.07 Å². The van der Waals surface area contributed by atoms with Gasteiger partial charge in [-0.05, 0) is 0 Å². The number of aromatic amines is 1. The van der Waals surface area contributed by atoms with Gasteiger partial charge in [0.1, 0.15) is 5.69 Å². The lowest BCUT2D eigenvalue weighted by Gasteiger charge is -2.20. The van der Waals surface area contributed by atoms with Crippen LogP contribution in [0.2, 0.25) is 0 Å². The van der Waals surface area contributed by atoms with Gasteiger partial charge in [0.05, 0.1) is 0 Å². The van der Waals surface area contributed by atoms with Crippen molar-refractivity contribution in [3.8, 4) is 5.88 Å². The highest BCUT2D eigenvalue weighted by Crippen LogP contribution is 2.31. The van der Waals surface area contributed by atoms with Crippen LogP contribution in [0.15, 0.2) is 6.07 Å². The van der Waals surface area contributed by atoms with Crippen molar-refractivity contribution in [3.05, 3.63) is 11.8 Å². The van der Waals surface area contributed by atoms with Gasteiger partial charge < -0.3 is 10.5 Å². The van der Waals surface area contributed by atoms with E-state index in [-0.39, 0.29) is 0 Å². The van der Waals surface area contributed by atoms with Gasteiger partial charge in [-0.1, -0.05) is 0 Å². The molecule has 3 N–H and O–H groups in total. The van der Waals surface area contributed by atoms with Gasteiger partial charge in [0.2, 0.25) is 5.88 Å². The fraction of sp³-hybridized carbons (Fsp3) is 0.429. The minimum Gasteiger partial charge on any atom is -0.409 e. The Kier molecular flexibility index (Phi) is 3.93. The van der Waals surface area contributed by atoms with Gasteiger partial charge in [-0.3, -0.25) is 9.89 Å². The van der Waals surface area contributed by atoms with E-state index < -0.39 is 36.3 Å². The second-order valence-electron chi connectivity index (χ2n) is 3.03. The number of H-pyrrole nitrogens is 1. The second-order valence-corrected chi connectivity index (χ2v) is 3.03. The Bertz CT molecular complexity index is 459. The Labute approximate surface area is 100 Å². The van der Waals surface area contributed by atoms with Crippen LogP contribution in [0.1, 0.15) is 10.5 Å². The van der Waals surface area contributed by atoms with Crippen molar-refractivity contribution in [2.45, 2.75) is 18.8 Å². The molecule has 1 aromatic rings. The maximum absolute atomic E-state index is 12.9. The normalized spacial score (nSPS) is 14.2. The van der Waals surface area contributed by atoms with Crippen LogP contribution < -0.4 is 10.5 Å². The van der Waals surface area contributed by atoms with Gasteiger partial charge in [-0.2, -0.15) is 8.78 Å². The molecule has 0 radical (unpaired) electrons. The number of rotatable bonds is 5. The molecule has 1 unspecified atom stereocenters. The Balaban J connectivity index is 2.74. The number of carbonyl (C=O) groups excluding carboxylic acids is 1. The molecule has 0 spiro atoms. The van der Waals surface area contributed by atoms with Crippen molar-refractivity contribution in [2.75, 3.05) is 0 Å². The number of carbonyl (C=O) groups is 1.